The van der Waals surface area contributed by atoms with Crippen LogP contribution in [0.2, 0.25) is 0 Å². The first-order valence-electron chi connectivity index (χ1n) is 9.33. The van der Waals surface area contributed by atoms with Gasteiger partial charge in [-0.15, -0.1) is 0 Å². The topological polar surface area (TPSA) is 23.5 Å². The van der Waals surface area contributed by atoms with Gasteiger partial charge < -0.3 is 5.11 Å². The van der Waals surface area contributed by atoms with E-state index in [1.807, 2.05) is 0 Å². The van der Waals surface area contributed by atoms with E-state index < -0.39 is 0 Å². The molecule has 2 aliphatic carbocycles. The molecule has 2 saturated carbocycles. The lowest BCUT2D eigenvalue weighted by molar-refractivity contribution is 0.00188. The standard InChI is InChI=1S/C20H29NO/c22-19-12-5-4-10-17(19)20(16-7-2-1-3-8-16)21-14-13-15-9-6-11-18(15)21/h1-3,7-8,15,17-20,22H,4-6,9-14H2/t15-,17+,18-,19-,20-/m1/s1. The maximum absolute atomic E-state index is 10.7. The van der Waals surface area contributed by atoms with Crippen molar-refractivity contribution in [2.75, 3.05) is 6.54 Å². The first kappa shape index (κ1) is 14.7. The molecule has 2 nitrogen and oxygen atoms in total. The smallest absolute Gasteiger partial charge is 0.0586 e. The van der Waals surface area contributed by atoms with Crippen molar-refractivity contribution in [1.82, 2.24) is 4.90 Å². The van der Waals surface area contributed by atoms with Gasteiger partial charge in [-0.2, -0.15) is 0 Å². The van der Waals surface area contributed by atoms with Crippen LogP contribution >= 0.6 is 0 Å². The maximum atomic E-state index is 10.7. The Kier molecular flexibility index (Phi) is 4.23. The number of rotatable bonds is 3. The monoisotopic (exact) mass is 299 g/mol. The maximum Gasteiger partial charge on any atom is 0.0586 e. The highest BCUT2D eigenvalue weighted by molar-refractivity contribution is 5.21. The molecule has 120 valence electrons. The van der Waals surface area contributed by atoms with Crippen LogP contribution in [0.15, 0.2) is 30.3 Å². The Balaban J connectivity index is 1.66. The van der Waals surface area contributed by atoms with Gasteiger partial charge in [-0.1, -0.05) is 49.6 Å². The van der Waals surface area contributed by atoms with Crippen molar-refractivity contribution in [3.63, 3.8) is 0 Å². The molecule has 0 radical (unpaired) electrons. The predicted molar refractivity (Wildman–Crippen MR) is 89.6 cm³/mol. The summed E-state index contributed by atoms with van der Waals surface area (Å²) >= 11 is 0. The van der Waals surface area contributed by atoms with Gasteiger partial charge >= 0.3 is 0 Å². The summed E-state index contributed by atoms with van der Waals surface area (Å²) in [5.41, 5.74) is 1.43. The van der Waals surface area contributed by atoms with Gasteiger partial charge in [0.2, 0.25) is 0 Å². The highest BCUT2D eigenvalue weighted by Gasteiger charge is 2.44. The summed E-state index contributed by atoms with van der Waals surface area (Å²) in [6, 6.07) is 12.2. The van der Waals surface area contributed by atoms with Gasteiger partial charge in [-0.3, -0.25) is 4.90 Å². The fourth-order valence-corrected chi connectivity index (χ4v) is 5.46. The molecule has 1 N–H and O–H groups in total. The van der Waals surface area contributed by atoms with E-state index in [0.29, 0.717) is 12.0 Å². The molecule has 1 aliphatic heterocycles. The SMILES string of the molecule is O[C@@H]1CCCC[C@@H]1[C@@H](c1ccccc1)N1CC[C@H]2CCC[C@H]21. The average Bonchev–Trinajstić information content (AvgIpc) is 3.15. The van der Waals surface area contributed by atoms with E-state index in [2.05, 4.69) is 35.2 Å². The number of aliphatic hydroxyl groups excluding tert-OH is 1. The number of hydrogen-bond donors (Lipinski definition) is 1. The molecule has 3 fully saturated rings. The van der Waals surface area contributed by atoms with Crippen molar-refractivity contribution in [3.8, 4) is 0 Å². The van der Waals surface area contributed by atoms with Gasteiger partial charge in [-0.25, -0.2) is 0 Å². The minimum Gasteiger partial charge on any atom is -0.393 e. The van der Waals surface area contributed by atoms with Crippen LogP contribution in [-0.2, 0) is 0 Å². The van der Waals surface area contributed by atoms with Crippen LogP contribution in [0.4, 0.5) is 0 Å². The van der Waals surface area contributed by atoms with E-state index in [0.717, 1.165) is 18.4 Å². The van der Waals surface area contributed by atoms with Gasteiger partial charge in [-0.05, 0) is 50.1 Å². The van der Waals surface area contributed by atoms with Crippen molar-refractivity contribution >= 4 is 0 Å². The van der Waals surface area contributed by atoms with E-state index in [4.69, 9.17) is 0 Å². The quantitative estimate of drug-likeness (QED) is 0.906. The summed E-state index contributed by atoms with van der Waals surface area (Å²) in [5, 5.41) is 10.7. The third-order valence-electron chi connectivity index (χ3n) is 6.49. The Morgan fingerprint density at radius 3 is 2.55 bits per heavy atom. The summed E-state index contributed by atoms with van der Waals surface area (Å²) in [6.07, 6.45) is 10.1. The molecule has 1 aromatic rings. The summed E-state index contributed by atoms with van der Waals surface area (Å²) in [5.74, 6) is 1.35. The number of aliphatic hydroxyl groups is 1. The number of benzene rings is 1. The summed E-state index contributed by atoms with van der Waals surface area (Å²) in [4.78, 5) is 2.78. The Hall–Kier alpha value is -0.860. The molecule has 0 aromatic heterocycles. The van der Waals surface area contributed by atoms with Crippen LogP contribution in [0, 0.1) is 11.8 Å². The highest BCUT2D eigenvalue weighted by Crippen LogP contribution is 2.47. The second-order valence-corrected chi connectivity index (χ2v) is 7.66. The summed E-state index contributed by atoms with van der Waals surface area (Å²) in [6.45, 7) is 1.23. The molecule has 0 spiro atoms. The van der Waals surface area contributed by atoms with E-state index in [1.54, 1.807) is 0 Å². The van der Waals surface area contributed by atoms with E-state index in [9.17, 15) is 5.11 Å². The molecule has 1 saturated heterocycles. The lowest BCUT2D eigenvalue weighted by atomic mass is 9.78. The number of nitrogens with zero attached hydrogens (tertiary/aromatic N) is 1. The van der Waals surface area contributed by atoms with Gasteiger partial charge in [0.25, 0.3) is 0 Å². The molecule has 2 heteroatoms. The molecule has 0 amide bonds. The molecular formula is C20H29NO. The zero-order chi connectivity index (χ0) is 14.9. The average molecular weight is 299 g/mol. The van der Waals surface area contributed by atoms with E-state index in [-0.39, 0.29) is 6.10 Å². The lowest BCUT2D eigenvalue weighted by Gasteiger charge is -2.42. The lowest BCUT2D eigenvalue weighted by Crippen LogP contribution is -2.42. The van der Waals surface area contributed by atoms with Crippen LogP contribution in [0.3, 0.4) is 0 Å². The molecule has 3 aliphatic rings. The van der Waals surface area contributed by atoms with Crippen LogP contribution in [0.25, 0.3) is 0 Å². The zero-order valence-electron chi connectivity index (χ0n) is 13.5. The van der Waals surface area contributed by atoms with Gasteiger partial charge in [0, 0.05) is 18.0 Å². The molecular weight excluding hydrogens is 270 g/mol. The van der Waals surface area contributed by atoms with Crippen molar-refractivity contribution in [1.29, 1.82) is 0 Å². The molecule has 5 atom stereocenters. The predicted octanol–water partition coefficient (Wildman–Crippen LogP) is 4.15. The zero-order valence-corrected chi connectivity index (χ0v) is 13.5. The largest absolute Gasteiger partial charge is 0.393 e. The van der Waals surface area contributed by atoms with Crippen molar-refractivity contribution in [2.45, 2.75) is 69.6 Å². The second kappa shape index (κ2) is 6.33. The fraction of sp³-hybridized carbons (Fsp3) is 0.700. The van der Waals surface area contributed by atoms with Crippen molar-refractivity contribution in [3.05, 3.63) is 35.9 Å². The number of hydrogen-bond acceptors (Lipinski definition) is 2. The summed E-state index contributed by atoms with van der Waals surface area (Å²) in [7, 11) is 0. The first-order valence-corrected chi connectivity index (χ1v) is 9.33. The minimum absolute atomic E-state index is 0.112. The minimum atomic E-state index is -0.112. The number of fused-ring (bicyclic) bond motifs is 1. The van der Waals surface area contributed by atoms with Gasteiger partial charge in [0.15, 0.2) is 0 Å². The van der Waals surface area contributed by atoms with E-state index >= 15 is 0 Å². The van der Waals surface area contributed by atoms with E-state index in [1.165, 1.54) is 57.1 Å². The Morgan fingerprint density at radius 2 is 1.73 bits per heavy atom. The highest BCUT2D eigenvalue weighted by atomic mass is 16.3. The second-order valence-electron chi connectivity index (χ2n) is 7.66. The number of likely N-dealkylation sites (tertiary alicyclic amines) is 1. The Labute approximate surface area is 134 Å². The first-order chi connectivity index (χ1) is 10.8. The normalized spacial score (nSPS) is 37.1. The van der Waals surface area contributed by atoms with Crippen molar-refractivity contribution < 1.29 is 5.11 Å². The van der Waals surface area contributed by atoms with Gasteiger partial charge in [0.1, 0.15) is 0 Å². The molecule has 1 aromatic carbocycles. The molecule has 0 unspecified atom stereocenters. The Bertz CT molecular complexity index is 488. The molecule has 4 rings (SSSR count). The van der Waals surface area contributed by atoms with Gasteiger partial charge in [0.05, 0.1) is 6.10 Å². The molecule has 22 heavy (non-hydrogen) atoms. The third kappa shape index (κ3) is 2.61. The molecule has 0 bridgehead atoms. The third-order valence-corrected chi connectivity index (χ3v) is 6.49. The van der Waals surface area contributed by atoms with Crippen LogP contribution in [-0.4, -0.2) is 28.7 Å². The van der Waals surface area contributed by atoms with Crippen LogP contribution in [0.5, 0.6) is 0 Å². The molecule has 1 heterocycles. The fourth-order valence-electron chi connectivity index (χ4n) is 5.46. The summed E-state index contributed by atoms with van der Waals surface area (Å²) < 4.78 is 0. The van der Waals surface area contributed by atoms with Crippen LogP contribution < -0.4 is 0 Å². The van der Waals surface area contributed by atoms with Crippen LogP contribution in [0.1, 0.15) is 63.0 Å². The van der Waals surface area contributed by atoms with Crippen molar-refractivity contribution in [2.24, 2.45) is 11.8 Å². The Morgan fingerprint density at radius 1 is 0.909 bits per heavy atom.